The van der Waals surface area contributed by atoms with Gasteiger partial charge in [0, 0.05) is 24.3 Å². The van der Waals surface area contributed by atoms with E-state index in [9.17, 15) is 9.90 Å². The van der Waals surface area contributed by atoms with Gasteiger partial charge in [-0.3, -0.25) is 9.89 Å². The molecular weight excluding hydrogens is 454 g/mol. The molecule has 3 aromatic rings. The van der Waals surface area contributed by atoms with Crippen LogP contribution in [0.15, 0.2) is 48.5 Å². The molecule has 0 radical (unpaired) electrons. The minimum atomic E-state index is -0.321. The fourth-order valence-electron chi connectivity index (χ4n) is 4.67. The molecule has 2 aromatic carbocycles. The zero-order chi connectivity index (χ0) is 25.5. The number of carbonyl (C=O) groups is 1. The monoisotopic (exact) mass is 491 g/mol. The molecule has 0 saturated heterocycles. The summed E-state index contributed by atoms with van der Waals surface area (Å²) in [5, 5.41) is 17.9. The number of aromatic nitrogens is 2. The maximum atomic E-state index is 13.5. The summed E-state index contributed by atoms with van der Waals surface area (Å²) in [4.78, 5) is 15.3. The first-order chi connectivity index (χ1) is 17.5. The average molecular weight is 492 g/mol. The predicted molar refractivity (Wildman–Crippen MR) is 140 cm³/mol. The maximum absolute atomic E-state index is 13.5. The van der Waals surface area contributed by atoms with Gasteiger partial charge < -0.3 is 19.5 Å². The Morgan fingerprint density at radius 3 is 2.53 bits per heavy atom. The highest BCUT2D eigenvalue weighted by molar-refractivity contribution is 6.00. The highest BCUT2D eigenvalue weighted by atomic mass is 16.5. The first-order valence-corrected chi connectivity index (χ1v) is 13.0. The number of carbonyl (C=O) groups excluding carboxylic acids is 1. The maximum Gasteiger partial charge on any atom is 0.273 e. The van der Waals surface area contributed by atoms with Crippen molar-refractivity contribution in [2.24, 2.45) is 0 Å². The summed E-state index contributed by atoms with van der Waals surface area (Å²) in [6.07, 6.45) is 5.52. The third kappa shape index (κ3) is 5.73. The molecule has 0 spiro atoms. The van der Waals surface area contributed by atoms with Crippen LogP contribution in [0.4, 0.5) is 0 Å². The van der Waals surface area contributed by atoms with E-state index in [2.05, 4.69) is 17.1 Å². The smallest absolute Gasteiger partial charge is 0.273 e. The van der Waals surface area contributed by atoms with Crippen molar-refractivity contribution < 1.29 is 19.4 Å². The Morgan fingerprint density at radius 2 is 1.81 bits per heavy atom. The fraction of sp³-hybridized carbons (Fsp3) is 0.448. The van der Waals surface area contributed by atoms with Crippen LogP contribution in [-0.4, -0.2) is 52.0 Å². The lowest BCUT2D eigenvalue weighted by molar-refractivity contribution is 0.0601. The number of benzene rings is 2. The van der Waals surface area contributed by atoms with Crippen LogP contribution in [0.5, 0.6) is 11.5 Å². The molecule has 1 aromatic heterocycles. The summed E-state index contributed by atoms with van der Waals surface area (Å²) >= 11 is 0. The number of H-pyrrole nitrogens is 1. The van der Waals surface area contributed by atoms with Gasteiger partial charge >= 0.3 is 0 Å². The number of hydrogen-bond donors (Lipinski definition) is 2. The normalized spacial score (nSPS) is 15.1. The average Bonchev–Trinajstić information content (AvgIpc) is 3.41. The summed E-state index contributed by atoms with van der Waals surface area (Å²) in [6.45, 7) is 8.04. The van der Waals surface area contributed by atoms with Gasteiger partial charge in [-0.2, -0.15) is 5.10 Å². The Balaban J connectivity index is 1.61. The van der Waals surface area contributed by atoms with E-state index in [1.165, 1.54) is 19.3 Å². The van der Waals surface area contributed by atoms with Gasteiger partial charge in [0.25, 0.3) is 5.91 Å². The summed E-state index contributed by atoms with van der Waals surface area (Å²) in [7, 11) is 0. The molecule has 0 aliphatic carbocycles. The highest BCUT2D eigenvalue weighted by Crippen LogP contribution is 2.44. The lowest BCUT2D eigenvalue weighted by Crippen LogP contribution is -2.31. The van der Waals surface area contributed by atoms with Crippen LogP contribution in [0, 0.1) is 0 Å². The third-order valence-electron chi connectivity index (χ3n) is 6.48. The standard InChI is InChI=1S/C29H37N3O4/c1-4-5-6-9-18-36-22-15-13-21(14-16-22)28-25-26(23-11-7-8-12-24(23)33)30-31-27(25)29(34)32(28)17-10-19-35-20(2)3/h7-8,11-16,20,28,33H,4-6,9-10,17-19H2,1-3H3,(H,30,31)/t28-/m0/s1. The number of nitrogens with one attached hydrogen (secondary N) is 1. The van der Waals surface area contributed by atoms with Gasteiger partial charge in [0.15, 0.2) is 0 Å². The Kier molecular flexibility index (Phi) is 8.65. The predicted octanol–water partition coefficient (Wildman–Crippen LogP) is 6.10. The summed E-state index contributed by atoms with van der Waals surface area (Å²) < 4.78 is 11.6. The van der Waals surface area contributed by atoms with Gasteiger partial charge in [0.05, 0.1) is 18.8 Å². The van der Waals surface area contributed by atoms with Crippen LogP contribution in [0.2, 0.25) is 0 Å². The van der Waals surface area contributed by atoms with E-state index in [1.807, 2.05) is 55.1 Å². The van der Waals surface area contributed by atoms with Gasteiger partial charge in [-0.05, 0) is 56.5 Å². The quantitative estimate of drug-likeness (QED) is 0.282. The number of fused-ring (bicyclic) bond motifs is 1. The van der Waals surface area contributed by atoms with Crippen LogP contribution in [0.25, 0.3) is 11.3 Å². The largest absolute Gasteiger partial charge is 0.507 e. The fourth-order valence-corrected chi connectivity index (χ4v) is 4.67. The molecule has 192 valence electrons. The third-order valence-corrected chi connectivity index (χ3v) is 6.48. The van der Waals surface area contributed by atoms with E-state index < -0.39 is 0 Å². The number of aromatic amines is 1. The second-order valence-corrected chi connectivity index (χ2v) is 9.53. The number of phenolic OH excluding ortho intramolecular Hbond substituents is 1. The lowest BCUT2D eigenvalue weighted by Gasteiger charge is -2.26. The molecule has 1 aliphatic rings. The number of hydrogen-bond acceptors (Lipinski definition) is 5. The minimum absolute atomic E-state index is 0.0926. The molecule has 7 nitrogen and oxygen atoms in total. The molecule has 1 atom stereocenters. The van der Waals surface area contributed by atoms with Gasteiger partial charge in [-0.25, -0.2) is 0 Å². The van der Waals surface area contributed by atoms with Crippen molar-refractivity contribution in [3.05, 3.63) is 65.4 Å². The highest BCUT2D eigenvalue weighted by Gasteiger charge is 2.42. The second-order valence-electron chi connectivity index (χ2n) is 9.53. The Morgan fingerprint density at radius 1 is 1.03 bits per heavy atom. The molecule has 1 aliphatic heterocycles. The minimum Gasteiger partial charge on any atom is -0.507 e. The number of nitrogens with zero attached hydrogens (tertiary/aromatic N) is 2. The van der Waals surface area contributed by atoms with Crippen molar-refractivity contribution in [3.8, 4) is 22.8 Å². The van der Waals surface area contributed by atoms with Crippen LogP contribution in [0.3, 0.4) is 0 Å². The van der Waals surface area contributed by atoms with Crippen molar-refractivity contribution in [2.75, 3.05) is 19.8 Å². The van der Waals surface area contributed by atoms with Gasteiger partial charge in [0.1, 0.15) is 22.9 Å². The molecular formula is C29H37N3O4. The van der Waals surface area contributed by atoms with Gasteiger partial charge in [0.2, 0.25) is 0 Å². The molecule has 2 N–H and O–H groups in total. The second kappa shape index (κ2) is 12.1. The Hall–Kier alpha value is -3.32. The van der Waals surface area contributed by atoms with E-state index >= 15 is 0 Å². The Labute approximate surface area is 213 Å². The number of aromatic hydroxyl groups is 1. The van der Waals surface area contributed by atoms with Crippen molar-refractivity contribution in [1.82, 2.24) is 15.1 Å². The van der Waals surface area contributed by atoms with Crippen molar-refractivity contribution in [3.63, 3.8) is 0 Å². The molecule has 7 heteroatoms. The molecule has 0 saturated carbocycles. The number of para-hydroxylation sites is 1. The number of amides is 1. The number of unbranched alkanes of at least 4 members (excludes halogenated alkanes) is 3. The molecule has 2 heterocycles. The zero-order valence-corrected chi connectivity index (χ0v) is 21.5. The molecule has 0 fully saturated rings. The summed E-state index contributed by atoms with van der Waals surface area (Å²) in [5.41, 5.74) is 3.44. The van der Waals surface area contributed by atoms with Crippen LogP contribution >= 0.6 is 0 Å². The first-order valence-electron chi connectivity index (χ1n) is 13.0. The number of phenols is 1. The first kappa shape index (κ1) is 25.8. The molecule has 0 bridgehead atoms. The topological polar surface area (TPSA) is 87.7 Å². The molecule has 4 rings (SSSR count). The van der Waals surface area contributed by atoms with Gasteiger partial charge in [-0.15, -0.1) is 0 Å². The van der Waals surface area contributed by atoms with E-state index in [0.717, 1.165) is 29.7 Å². The van der Waals surface area contributed by atoms with E-state index in [4.69, 9.17) is 9.47 Å². The lowest BCUT2D eigenvalue weighted by atomic mass is 9.95. The Bertz CT molecular complexity index is 1140. The molecule has 1 amide bonds. The van der Waals surface area contributed by atoms with Crippen molar-refractivity contribution in [2.45, 2.75) is 65.0 Å². The zero-order valence-electron chi connectivity index (χ0n) is 21.5. The van der Waals surface area contributed by atoms with Crippen molar-refractivity contribution in [1.29, 1.82) is 0 Å². The molecule has 36 heavy (non-hydrogen) atoms. The SMILES string of the molecule is CCCCCCOc1ccc([C@H]2c3c(-c4ccccc4O)n[nH]c3C(=O)N2CCCOC(C)C)cc1. The van der Waals surface area contributed by atoms with Crippen LogP contribution < -0.4 is 4.74 Å². The molecule has 0 unspecified atom stereocenters. The summed E-state index contributed by atoms with van der Waals surface area (Å²) in [6, 6.07) is 14.7. The van der Waals surface area contributed by atoms with E-state index in [0.29, 0.717) is 36.7 Å². The van der Waals surface area contributed by atoms with Crippen LogP contribution in [0.1, 0.15) is 80.5 Å². The van der Waals surface area contributed by atoms with Crippen LogP contribution in [-0.2, 0) is 4.74 Å². The van der Waals surface area contributed by atoms with E-state index in [1.54, 1.807) is 12.1 Å². The summed E-state index contributed by atoms with van der Waals surface area (Å²) in [5.74, 6) is 0.864. The van der Waals surface area contributed by atoms with Crippen molar-refractivity contribution >= 4 is 5.91 Å². The number of ether oxygens (including phenoxy) is 2. The van der Waals surface area contributed by atoms with E-state index in [-0.39, 0.29) is 23.8 Å². The van der Waals surface area contributed by atoms with Gasteiger partial charge in [-0.1, -0.05) is 50.5 Å². The number of rotatable bonds is 13.